The lowest BCUT2D eigenvalue weighted by Gasteiger charge is -2.40. The SMILES string of the molecule is CN1CCCN2CC1C2. The number of nitrogens with zero attached hydrogens (tertiary/aromatic N) is 2. The molecule has 0 saturated carbocycles. The van der Waals surface area contributed by atoms with E-state index in [2.05, 4.69) is 16.8 Å². The van der Waals surface area contributed by atoms with Gasteiger partial charge in [0.25, 0.3) is 0 Å². The van der Waals surface area contributed by atoms with Crippen LogP contribution in [0.25, 0.3) is 0 Å². The highest BCUT2D eigenvalue weighted by Crippen LogP contribution is 2.17. The van der Waals surface area contributed by atoms with Crippen LogP contribution in [-0.4, -0.2) is 49.1 Å². The van der Waals surface area contributed by atoms with Crippen molar-refractivity contribution in [2.45, 2.75) is 12.5 Å². The van der Waals surface area contributed by atoms with Crippen molar-refractivity contribution in [3.8, 4) is 0 Å². The number of hydrogen-bond donors (Lipinski definition) is 0. The Hall–Kier alpha value is -0.0800. The minimum Gasteiger partial charge on any atom is -0.301 e. The molecule has 0 spiro atoms. The second-order valence-corrected chi connectivity index (χ2v) is 3.25. The van der Waals surface area contributed by atoms with Gasteiger partial charge in [0.1, 0.15) is 0 Å². The Morgan fingerprint density at radius 3 is 2.78 bits per heavy atom. The topological polar surface area (TPSA) is 6.48 Å². The summed E-state index contributed by atoms with van der Waals surface area (Å²) in [5.74, 6) is 0. The van der Waals surface area contributed by atoms with Crippen molar-refractivity contribution in [3.05, 3.63) is 0 Å². The van der Waals surface area contributed by atoms with Crippen molar-refractivity contribution in [2.24, 2.45) is 0 Å². The van der Waals surface area contributed by atoms with E-state index < -0.39 is 0 Å². The first-order valence-electron chi connectivity index (χ1n) is 3.79. The van der Waals surface area contributed by atoms with E-state index in [9.17, 15) is 0 Å². The first-order chi connectivity index (χ1) is 4.36. The Bertz CT molecular complexity index is 105. The zero-order chi connectivity index (χ0) is 6.27. The molecule has 0 amide bonds. The van der Waals surface area contributed by atoms with Gasteiger partial charge < -0.3 is 9.80 Å². The van der Waals surface area contributed by atoms with Gasteiger partial charge in [0.15, 0.2) is 0 Å². The largest absolute Gasteiger partial charge is 0.301 e. The summed E-state index contributed by atoms with van der Waals surface area (Å²) in [7, 11) is 2.24. The molecule has 0 aromatic rings. The number of likely N-dealkylation sites (N-methyl/N-ethyl adjacent to an activating group) is 1. The molecule has 3 fully saturated rings. The summed E-state index contributed by atoms with van der Waals surface area (Å²) >= 11 is 0. The van der Waals surface area contributed by atoms with Gasteiger partial charge in [0.2, 0.25) is 0 Å². The fourth-order valence-electron chi connectivity index (χ4n) is 1.73. The molecular formula is C7H14N2. The lowest BCUT2D eigenvalue weighted by atomic mass is 10.1. The third-order valence-electron chi connectivity index (χ3n) is 2.55. The standard InChI is InChI=1S/C7H14N2/c1-8-3-2-4-9-5-7(8)6-9/h7H,2-6H2,1H3. The molecule has 2 nitrogen and oxygen atoms in total. The zero-order valence-electron chi connectivity index (χ0n) is 6.01. The summed E-state index contributed by atoms with van der Waals surface area (Å²) in [4.78, 5) is 5.03. The summed E-state index contributed by atoms with van der Waals surface area (Å²) in [6.07, 6.45) is 1.37. The number of fused-ring (bicyclic) bond motifs is 3. The molecule has 3 rings (SSSR count). The molecule has 3 saturated heterocycles. The molecule has 2 heteroatoms. The molecule has 0 aromatic carbocycles. The van der Waals surface area contributed by atoms with Crippen LogP contribution in [0.3, 0.4) is 0 Å². The Kier molecular flexibility index (Phi) is 1.24. The fourth-order valence-corrected chi connectivity index (χ4v) is 1.73. The molecule has 52 valence electrons. The zero-order valence-corrected chi connectivity index (χ0v) is 6.01. The molecule has 0 radical (unpaired) electrons. The summed E-state index contributed by atoms with van der Waals surface area (Å²) in [6.45, 7) is 5.30. The van der Waals surface area contributed by atoms with E-state index in [1.807, 2.05) is 0 Å². The summed E-state index contributed by atoms with van der Waals surface area (Å²) in [6, 6.07) is 0.896. The molecule has 2 bridgehead atoms. The van der Waals surface area contributed by atoms with Crippen LogP contribution in [-0.2, 0) is 0 Å². The molecule has 3 aliphatic rings. The van der Waals surface area contributed by atoms with Crippen molar-refractivity contribution in [1.82, 2.24) is 9.80 Å². The lowest BCUT2D eigenvalue weighted by Crippen LogP contribution is -2.55. The highest BCUT2D eigenvalue weighted by Gasteiger charge is 2.31. The fraction of sp³-hybridized carbons (Fsp3) is 1.00. The average molecular weight is 126 g/mol. The van der Waals surface area contributed by atoms with Crippen LogP contribution < -0.4 is 0 Å². The van der Waals surface area contributed by atoms with Gasteiger partial charge in [-0.2, -0.15) is 0 Å². The monoisotopic (exact) mass is 126 g/mol. The molecular weight excluding hydrogens is 112 g/mol. The number of rotatable bonds is 0. The Morgan fingerprint density at radius 2 is 2.00 bits per heavy atom. The molecule has 0 N–H and O–H groups in total. The van der Waals surface area contributed by atoms with Crippen LogP contribution in [0.1, 0.15) is 6.42 Å². The minimum atomic E-state index is 0.896. The quantitative estimate of drug-likeness (QED) is 0.451. The average Bonchev–Trinajstić information content (AvgIpc) is 1.93. The lowest BCUT2D eigenvalue weighted by molar-refractivity contribution is 0.0870. The normalized spacial score (nSPS) is 43.7. The van der Waals surface area contributed by atoms with Crippen molar-refractivity contribution in [3.63, 3.8) is 0 Å². The smallest absolute Gasteiger partial charge is 0.0347 e. The van der Waals surface area contributed by atoms with Crippen LogP contribution >= 0.6 is 0 Å². The van der Waals surface area contributed by atoms with Crippen molar-refractivity contribution in [1.29, 1.82) is 0 Å². The third kappa shape index (κ3) is 0.864. The maximum atomic E-state index is 2.54. The van der Waals surface area contributed by atoms with Crippen LogP contribution in [0.15, 0.2) is 0 Å². The molecule has 0 atom stereocenters. The van der Waals surface area contributed by atoms with Gasteiger partial charge >= 0.3 is 0 Å². The second kappa shape index (κ2) is 1.96. The van der Waals surface area contributed by atoms with Gasteiger partial charge in [-0.25, -0.2) is 0 Å². The van der Waals surface area contributed by atoms with Crippen molar-refractivity contribution < 1.29 is 0 Å². The molecule has 3 heterocycles. The highest BCUT2D eigenvalue weighted by atomic mass is 15.3. The predicted molar refractivity (Wildman–Crippen MR) is 37.5 cm³/mol. The number of hydrogen-bond acceptors (Lipinski definition) is 2. The maximum absolute atomic E-state index is 2.54. The summed E-state index contributed by atoms with van der Waals surface area (Å²) < 4.78 is 0. The van der Waals surface area contributed by atoms with Crippen molar-refractivity contribution in [2.75, 3.05) is 33.2 Å². The van der Waals surface area contributed by atoms with Gasteiger partial charge in [-0.1, -0.05) is 0 Å². The molecule has 0 aliphatic carbocycles. The van der Waals surface area contributed by atoms with Gasteiger partial charge in [-0.15, -0.1) is 0 Å². The Morgan fingerprint density at radius 1 is 1.22 bits per heavy atom. The van der Waals surface area contributed by atoms with Gasteiger partial charge in [0.05, 0.1) is 0 Å². The molecule has 0 aromatic heterocycles. The Labute approximate surface area is 56.4 Å². The van der Waals surface area contributed by atoms with E-state index in [1.54, 1.807) is 0 Å². The summed E-state index contributed by atoms with van der Waals surface area (Å²) in [5, 5.41) is 0. The van der Waals surface area contributed by atoms with E-state index >= 15 is 0 Å². The van der Waals surface area contributed by atoms with E-state index in [4.69, 9.17) is 0 Å². The highest BCUT2D eigenvalue weighted by molar-refractivity contribution is 4.89. The van der Waals surface area contributed by atoms with Crippen LogP contribution in [0, 0.1) is 0 Å². The first kappa shape index (κ1) is 5.69. The van der Waals surface area contributed by atoms with Gasteiger partial charge in [-0.3, -0.25) is 0 Å². The Balaban J connectivity index is 1.99. The van der Waals surface area contributed by atoms with Crippen LogP contribution in [0.5, 0.6) is 0 Å². The maximum Gasteiger partial charge on any atom is 0.0347 e. The second-order valence-electron chi connectivity index (χ2n) is 3.25. The van der Waals surface area contributed by atoms with Crippen molar-refractivity contribution >= 4 is 0 Å². The molecule has 9 heavy (non-hydrogen) atoms. The summed E-state index contributed by atoms with van der Waals surface area (Å²) in [5.41, 5.74) is 0. The van der Waals surface area contributed by atoms with E-state index in [0.717, 1.165) is 6.04 Å². The van der Waals surface area contributed by atoms with Crippen LogP contribution in [0.2, 0.25) is 0 Å². The van der Waals surface area contributed by atoms with E-state index in [-0.39, 0.29) is 0 Å². The predicted octanol–water partition coefficient (Wildman–Crippen LogP) is 0.00610. The molecule has 0 unspecified atom stereocenters. The van der Waals surface area contributed by atoms with Gasteiger partial charge in [-0.05, 0) is 26.6 Å². The molecule has 3 aliphatic heterocycles. The van der Waals surface area contributed by atoms with E-state index in [0.29, 0.717) is 0 Å². The third-order valence-corrected chi connectivity index (χ3v) is 2.55. The minimum absolute atomic E-state index is 0.896. The van der Waals surface area contributed by atoms with Crippen LogP contribution in [0.4, 0.5) is 0 Å². The van der Waals surface area contributed by atoms with Gasteiger partial charge in [0, 0.05) is 19.1 Å². The first-order valence-corrected chi connectivity index (χ1v) is 3.79. The van der Waals surface area contributed by atoms with E-state index in [1.165, 1.54) is 32.6 Å².